The lowest BCUT2D eigenvalue weighted by molar-refractivity contribution is -0.385. The molecule has 0 amide bonds. The number of nitro groups is 1. The average molecular weight is 419 g/mol. The Labute approximate surface area is 162 Å². The fourth-order valence-electron chi connectivity index (χ4n) is 2.48. The zero-order valence-electron chi connectivity index (χ0n) is 14.7. The van der Waals surface area contributed by atoms with Gasteiger partial charge in [-0.15, -0.1) is 10.2 Å². The van der Waals surface area contributed by atoms with E-state index in [4.69, 9.17) is 4.55 Å². The maximum absolute atomic E-state index is 12.6. The minimum absolute atomic E-state index is 0.159. The van der Waals surface area contributed by atoms with Crippen molar-refractivity contribution in [3.05, 3.63) is 68.6 Å². The number of para-hydroxylation sites is 1. The van der Waals surface area contributed by atoms with Crippen LogP contribution in [0.4, 0.5) is 17.1 Å². The van der Waals surface area contributed by atoms with Crippen molar-refractivity contribution < 1.29 is 23.0 Å². The number of nitrogens with zero attached hydrogens (tertiary/aromatic N) is 4. The van der Waals surface area contributed by atoms with Crippen LogP contribution in [0.5, 0.6) is 5.75 Å². The highest BCUT2D eigenvalue weighted by Gasteiger charge is 2.24. The third-order valence-electron chi connectivity index (χ3n) is 3.84. The van der Waals surface area contributed by atoms with Crippen molar-refractivity contribution in [2.45, 2.75) is 11.8 Å². The van der Waals surface area contributed by atoms with E-state index in [1.54, 1.807) is 30.3 Å². The number of non-ortho nitro benzene ring substituents is 1. The summed E-state index contributed by atoms with van der Waals surface area (Å²) in [6.07, 6.45) is 0. The molecule has 0 fully saturated rings. The van der Waals surface area contributed by atoms with Gasteiger partial charge in [-0.25, -0.2) is 4.68 Å². The molecular weight excluding hydrogens is 406 g/mol. The first-order chi connectivity index (χ1) is 13.6. The van der Waals surface area contributed by atoms with Crippen LogP contribution >= 0.6 is 0 Å². The Bertz CT molecular complexity index is 1290. The van der Waals surface area contributed by atoms with E-state index in [2.05, 4.69) is 15.3 Å². The number of nitrogens with one attached hydrogen (secondary N) is 1. The number of aromatic hydroxyl groups is 1. The first kappa shape index (κ1) is 19.9. The molecule has 0 atom stereocenters. The van der Waals surface area contributed by atoms with Gasteiger partial charge in [0.05, 0.1) is 16.3 Å². The zero-order valence-corrected chi connectivity index (χ0v) is 15.5. The van der Waals surface area contributed by atoms with E-state index in [9.17, 15) is 28.4 Å². The van der Waals surface area contributed by atoms with Crippen LogP contribution in [0.2, 0.25) is 0 Å². The normalized spacial score (nSPS) is 11.8. The van der Waals surface area contributed by atoms with Crippen molar-refractivity contribution >= 4 is 27.2 Å². The molecule has 1 aromatic heterocycles. The number of aromatic amines is 1. The highest BCUT2D eigenvalue weighted by molar-refractivity contribution is 7.86. The van der Waals surface area contributed by atoms with Gasteiger partial charge in [-0.2, -0.15) is 8.42 Å². The van der Waals surface area contributed by atoms with Crippen molar-refractivity contribution in [3.63, 3.8) is 0 Å². The molecule has 0 bridgehead atoms. The number of nitro benzene ring substituents is 1. The maximum atomic E-state index is 12.6. The number of hydrogen-bond acceptors (Lipinski definition) is 8. The van der Waals surface area contributed by atoms with Crippen molar-refractivity contribution in [1.82, 2.24) is 9.78 Å². The summed E-state index contributed by atoms with van der Waals surface area (Å²) in [4.78, 5) is 21.5. The molecule has 0 spiro atoms. The molecule has 13 heteroatoms. The first-order valence-electron chi connectivity index (χ1n) is 7.87. The minimum atomic E-state index is -4.97. The Morgan fingerprint density at radius 3 is 2.41 bits per heavy atom. The van der Waals surface area contributed by atoms with E-state index in [0.717, 1.165) is 6.07 Å². The smallest absolute Gasteiger partial charge is 0.299 e. The number of hydrogen-bond donors (Lipinski definition) is 3. The SMILES string of the molecule is Cc1[nH]n(-c2ccccc2)c(=O)c1N=Nc1cc([N+](=O)[O-])cc(S(=O)(=O)O)c1O. The van der Waals surface area contributed by atoms with E-state index in [-0.39, 0.29) is 5.69 Å². The van der Waals surface area contributed by atoms with Crippen molar-refractivity contribution in [2.24, 2.45) is 10.2 Å². The largest absolute Gasteiger partial charge is 0.504 e. The molecule has 0 aliphatic rings. The quantitative estimate of drug-likeness (QED) is 0.246. The van der Waals surface area contributed by atoms with Crippen LogP contribution in [0, 0.1) is 17.0 Å². The van der Waals surface area contributed by atoms with Crippen LogP contribution in [0.1, 0.15) is 5.69 Å². The summed E-state index contributed by atoms with van der Waals surface area (Å²) in [6, 6.07) is 9.78. The lowest BCUT2D eigenvalue weighted by atomic mass is 10.2. The zero-order chi connectivity index (χ0) is 21.3. The lowest BCUT2D eigenvalue weighted by Gasteiger charge is -2.03. The molecule has 29 heavy (non-hydrogen) atoms. The van der Waals surface area contributed by atoms with Crippen LogP contribution < -0.4 is 5.56 Å². The lowest BCUT2D eigenvalue weighted by Crippen LogP contribution is -2.13. The van der Waals surface area contributed by atoms with Gasteiger partial charge in [0, 0.05) is 12.1 Å². The molecule has 0 aliphatic heterocycles. The van der Waals surface area contributed by atoms with E-state index < -0.39 is 42.6 Å². The second-order valence-electron chi connectivity index (χ2n) is 5.81. The van der Waals surface area contributed by atoms with Crippen LogP contribution in [-0.4, -0.2) is 32.8 Å². The number of aryl methyl sites for hydroxylation is 1. The van der Waals surface area contributed by atoms with E-state index in [1.807, 2.05) is 0 Å². The van der Waals surface area contributed by atoms with Gasteiger partial charge in [-0.1, -0.05) is 18.2 Å². The molecule has 3 rings (SSSR count). The van der Waals surface area contributed by atoms with Gasteiger partial charge in [0.25, 0.3) is 21.4 Å². The number of phenolic OH excluding ortho intramolecular Hbond substituents is 1. The Kier molecular flexibility index (Phi) is 5.01. The monoisotopic (exact) mass is 419 g/mol. The summed E-state index contributed by atoms with van der Waals surface area (Å²) in [6.45, 7) is 1.53. The van der Waals surface area contributed by atoms with Gasteiger partial charge in [0.2, 0.25) is 0 Å². The average Bonchev–Trinajstić information content (AvgIpc) is 2.94. The summed E-state index contributed by atoms with van der Waals surface area (Å²) in [5.41, 5.74) is -1.28. The molecular formula is C16H13N5O7S. The Hall–Kier alpha value is -3.84. The predicted octanol–water partition coefficient (Wildman–Crippen LogP) is 2.75. The summed E-state index contributed by atoms with van der Waals surface area (Å²) < 4.78 is 33.1. The topological polar surface area (TPSA) is 180 Å². The van der Waals surface area contributed by atoms with Gasteiger partial charge >= 0.3 is 0 Å². The molecule has 0 unspecified atom stereocenters. The fourth-order valence-corrected chi connectivity index (χ4v) is 3.09. The highest BCUT2D eigenvalue weighted by atomic mass is 32.2. The number of benzene rings is 2. The molecule has 0 saturated carbocycles. The van der Waals surface area contributed by atoms with Crippen LogP contribution in [0.15, 0.2) is 62.4 Å². The maximum Gasteiger partial charge on any atom is 0.299 e. The second kappa shape index (κ2) is 7.29. The summed E-state index contributed by atoms with van der Waals surface area (Å²) in [5.74, 6) is -1.04. The molecule has 0 radical (unpaired) electrons. The van der Waals surface area contributed by atoms with Crippen LogP contribution in [0.25, 0.3) is 5.69 Å². The highest BCUT2D eigenvalue weighted by Crippen LogP contribution is 2.38. The van der Waals surface area contributed by atoms with Crippen molar-refractivity contribution in [1.29, 1.82) is 0 Å². The predicted molar refractivity (Wildman–Crippen MR) is 99.9 cm³/mol. The second-order valence-corrected chi connectivity index (χ2v) is 7.20. The van der Waals surface area contributed by atoms with Gasteiger partial charge in [-0.05, 0) is 19.1 Å². The third kappa shape index (κ3) is 3.90. The van der Waals surface area contributed by atoms with Gasteiger partial charge in [0.1, 0.15) is 10.6 Å². The van der Waals surface area contributed by atoms with Gasteiger partial charge in [0.15, 0.2) is 11.4 Å². The Balaban J connectivity index is 2.12. The Morgan fingerprint density at radius 1 is 1.17 bits per heavy atom. The summed E-state index contributed by atoms with van der Waals surface area (Å²) in [5, 5.41) is 31.1. The number of azo groups is 1. The van der Waals surface area contributed by atoms with Gasteiger partial charge < -0.3 is 5.11 Å². The number of phenols is 1. The fraction of sp³-hybridized carbons (Fsp3) is 0.0625. The van der Waals surface area contributed by atoms with E-state index >= 15 is 0 Å². The summed E-state index contributed by atoms with van der Waals surface area (Å²) in [7, 11) is -4.97. The standard InChI is InChI=1S/C16H13N5O7S/c1-9-14(16(23)20(19-9)10-5-3-2-4-6-10)18-17-12-7-11(21(24)25)8-13(15(12)22)29(26,27)28/h2-8,19,22H,1H3,(H,26,27,28). The van der Waals surface area contributed by atoms with E-state index in [1.165, 1.54) is 11.6 Å². The molecule has 0 saturated heterocycles. The van der Waals surface area contributed by atoms with Crippen molar-refractivity contribution in [2.75, 3.05) is 0 Å². The molecule has 3 N–H and O–H groups in total. The Morgan fingerprint density at radius 2 is 1.83 bits per heavy atom. The number of rotatable bonds is 5. The molecule has 3 aromatic rings. The van der Waals surface area contributed by atoms with Crippen LogP contribution in [0.3, 0.4) is 0 Å². The van der Waals surface area contributed by atoms with Gasteiger partial charge in [-0.3, -0.25) is 24.6 Å². The third-order valence-corrected chi connectivity index (χ3v) is 4.71. The minimum Gasteiger partial charge on any atom is -0.504 e. The molecule has 0 aliphatic carbocycles. The number of H-pyrrole nitrogens is 1. The molecule has 150 valence electrons. The molecule has 2 aromatic carbocycles. The number of aromatic nitrogens is 2. The summed E-state index contributed by atoms with van der Waals surface area (Å²) >= 11 is 0. The van der Waals surface area contributed by atoms with Crippen LogP contribution in [-0.2, 0) is 10.1 Å². The van der Waals surface area contributed by atoms with Crippen molar-refractivity contribution in [3.8, 4) is 11.4 Å². The molecule has 1 heterocycles. The van der Waals surface area contributed by atoms with E-state index in [0.29, 0.717) is 17.4 Å². The first-order valence-corrected chi connectivity index (χ1v) is 9.31. The molecule has 12 nitrogen and oxygen atoms in total.